The highest BCUT2D eigenvalue weighted by atomic mass is 35.5. The number of rotatable bonds is 7. The van der Waals surface area contributed by atoms with Crippen LogP contribution < -0.4 is 15.4 Å². The van der Waals surface area contributed by atoms with Crippen LogP contribution in [0.15, 0.2) is 61.1 Å². The van der Waals surface area contributed by atoms with Crippen LogP contribution in [0.25, 0.3) is 11.3 Å². The summed E-state index contributed by atoms with van der Waals surface area (Å²) >= 11 is 0. The quantitative estimate of drug-likeness (QED) is 0.188. The number of nitrogens with one attached hydrogen (secondary N) is 2. The highest BCUT2D eigenvalue weighted by molar-refractivity contribution is 5.89. The van der Waals surface area contributed by atoms with Crippen LogP contribution in [0, 0.1) is 0 Å². The number of ether oxygens (including phenoxy) is 1. The van der Waals surface area contributed by atoms with E-state index in [1.54, 1.807) is 15.6 Å². The Hall–Kier alpha value is -4.42. The molecule has 7 rings (SSSR count). The summed E-state index contributed by atoms with van der Waals surface area (Å²) in [4.78, 5) is 16.0. The molecule has 1 saturated heterocycles. The molecule has 0 spiro atoms. The van der Waals surface area contributed by atoms with Crippen LogP contribution in [-0.4, -0.2) is 57.7 Å². The smallest absolute Gasteiger partial charge is 0.320 e. The minimum Gasteiger partial charge on any atom is -0.484 e. The lowest BCUT2D eigenvalue weighted by Gasteiger charge is -2.37. The normalized spacial score (nSPS) is 19.8. The number of nitrogens with zero attached hydrogens (tertiary/aromatic N) is 8. The average Bonchev–Trinajstić information content (AvgIpc) is 3.80. The maximum absolute atomic E-state index is 13.5. The zero-order chi connectivity index (χ0) is 33.6. The molecule has 1 fully saturated rings. The summed E-state index contributed by atoms with van der Waals surface area (Å²) in [7, 11) is 1.86. The van der Waals surface area contributed by atoms with Gasteiger partial charge in [0.2, 0.25) is 0 Å². The number of hydrogen-bond donors (Lipinski definition) is 2. The zero-order valence-corrected chi connectivity index (χ0v) is 29.9. The summed E-state index contributed by atoms with van der Waals surface area (Å²) < 4.78 is 12.2. The lowest BCUT2D eigenvalue weighted by Crippen LogP contribution is -2.39. The van der Waals surface area contributed by atoms with Gasteiger partial charge in [-0.3, -0.25) is 19.3 Å². The van der Waals surface area contributed by atoms with Crippen LogP contribution in [-0.2, 0) is 12.5 Å². The van der Waals surface area contributed by atoms with Gasteiger partial charge in [-0.1, -0.05) is 51.5 Å². The molecule has 1 aliphatic heterocycles. The maximum Gasteiger partial charge on any atom is 0.320 e. The number of urea groups is 1. The second kappa shape index (κ2) is 13.8. The van der Waals surface area contributed by atoms with Gasteiger partial charge in [-0.2, -0.15) is 10.2 Å². The number of piperidine rings is 1. The molecule has 1 aliphatic carbocycles. The van der Waals surface area contributed by atoms with Crippen LogP contribution in [0.5, 0.6) is 5.75 Å². The molecule has 5 aromatic rings. The van der Waals surface area contributed by atoms with Gasteiger partial charge in [0, 0.05) is 24.6 Å². The third-order valence-corrected chi connectivity index (χ3v) is 9.58. The van der Waals surface area contributed by atoms with Gasteiger partial charge >= 0.3 is 6.03 Å². The van der Waals surface area contributed by atoms with Gasteiger partial charge in [-0.25, -0.2) is 9.48 Å². The summed E-state index contributed by atoms with van der Waals surface area (Å²) in [6, 6.07) is 14.3. The molecule has 13 heteroatoms. The van der Waals surface area contributed by atoms with E-state index in [1.807, 2.05) is 49.8 Å². The Morgan fingerprint density at radius 3 is 2.53 bits per heavy atom. The van der Waals surface area contributed by atoms with Crippen molar-refractivity contribution in [2.24, 2.45) is 7.05 Å². The molecular formula is C36H47ClN10O2. The molecule has 0 radical (unpaired) electrons. The SMILES string of the molecule is CC(C)N1CCCC[C@H]1c1nnc2ccc(O[C@@H]3CC[C@H](NC(=O)Nc4cc(C(C)(C)C)nn4-c4cnn(C)c4)c4ccccc43)cn12.Cl. The lowest BCUT2D eigenvalue weighted by molar-refractivity contribution is 0.105. The van der Waals surface area contributed by atoms with Crippen molar-refractivity contribution in [1.29, 1.82) is 0 Å². The lowest BCUT2D eigenvalue weighted by atomic mass is 9.85. The predicted molar refractivity (Wildman–Crippen MR) is 192 cm³/mol. The Labute approximate surface area is 293 Å². The molecule has 4 aromatic heterocycles. The summed E-state index contributed by atoms with van der Waals surface area (Å²) in [5, 5.41) is 24.5. The molecule has 260 valence electrons. The predicted octanol–water partition coefficient (Wildman–Crippen LogP) is 7.08. The Morgan fingerprint density at radius 1 is 1.00 bits per heavy atom. The zero-order valence-electron chi connectivity index (χ0n) is 29.1. The number of carbonyl (C=O) groups is 1. The second-order valence-electron chi connectivity index (χ2n) is 14.4. The number of halogens is 1. The van der Waals surface area contributed by atoms with Gasteiger partial charge in [-0.05, 0) is 69.3 Å². The second-order valence-corrected chi connectivity index (χ2v) is 14.4. The number of fused-ring (bicyclic) bond motifs is 2. The Morgan fingerprint density at radius 2 is 1.80 bits per heavy atom. The summed E-state index contributed by atoms with van der Waals surface area (Å²) in [6.45, 7) is 11.9. The van der Waals surface area contributed by atoms with Crippen molar-refractivity contribution in [1.82, 2.24) is 44.4 Å². The summed E-state index contributed by atoms with van der Waals surface area (Å²) in [6.07, 6.45) is 10.5. The van der Waals surface area contributed by atoms with Crippen LogP contribution in [0.3, 0.4) is 0 Å². The van der Waals surface area contributed by atoms with Crippen molar-refractivity contribution in [2.45, 2.75) is 96.4 Å². The van der Waals surface area contributed by atoms with Crippen molar-refractivity contribution >= 4 is 29.9 Å². The first-order chi connectivity index (χ1) is 23.0. The van der Waals surface area contributed by atoms with Gasteiger partial charge < -0.3 is 10.1 Å². The number of aryl methyl sites for hydroxylation is 1. The fourth-order valence-corrected chi connectivity index (χ4v) is 7.08. The van der Waals surface area contributed by atoms with Gasteiger partial charge in [-0.15, -0.1) is 22.6 Å². The fourth-order valence-electron chi connectivity index (χ4n) is 7.08. The molecule has 2 amide bonds. The Balaban J connectivity index is 0.00000417. The van der Waals surface area contributed by atoms with E-state index in [0.29, 0.717) is 11.9 Å². The summed E-state index contributed by atoms with van der Waals surface area (Å²) in [5.74, 6) is 2.34. The average molecular weight is 687 g/mol. The van der Waals surface area contributed by atoms with Gasteiger partial charge in [0.15, 0.2) is 11.5 Å². The molecule has 5 heterocycles. The molecule has 3 atom stereocenters. The van der Waals surface area contributed by atoms with E-state index in [1.165, 1.54) is 12.8 Å². The van der Waals surface area contributed by atoms with Gasteiger partial charge in [0.25, 0.3) is 0 Å². The van der Waals surface area contributed by atoms with Crippen LogP contribution in [0.1, 0.15) is 108 Å². The Bertz CT molecular complexity index is 1920. The van der Waals surface area contributed by atoms with E-state index >= 15 is 0 Å². The standard InChI is InChI=1S/C36H46N10O2.ClH/c1-23(2)44-18-10-9-13-29(44)34-41-40-32-17-14-25(22-45(32)34)48-30-16-15-28(26-11-7-8-12-27(26)30)38-35(47)39-33-19-31(36(3,4)5)42-46(33)24-20-37-43(6)21-24;/h7-8,11-12,14,17,19-23,28-30H,9-10,13,15-16,18H2,1-6H3,(H2,38,39,47);1H/t28-,29-,30+;/m0./s1. The van der Waals surface area contributed by atoms with E-state index in [2.05, 4.69) is 82.0 Å². The molecule has 2 aliphatic rings. The molecule has 2 N–H and O–H groups in total. The van der Waals surface area contributed by atoms with E-state index in [0.717, 1.165) is 65.5 Å². The van der Waals surface area contributed by atoms with Crippen molar-refractivity contribution < 1.29 is 9.53 Å². The minimum absolute atomic E-state index is 0. The first-order valence-electron chi connectivity index (χ1n) is 17.1. The van der Waals surface area contributed by atoms with E-state index < -0.39 is 0 Å². The van der Waals surface area contributed by atoms with Crippen molar-refractivity contribution in [3.63, 3.8) is 0 Å². The van der Waals surface area contributed by atoms with Gasteiger partial charge in [0.05, 0.1) is 36.4 Å². The van der Waals surface area contributed by atoms with Crippen LogP contribution in [0.2, 0.25) is 0 Å². The third-order valence-electron chi connectivity index (χ3n) is 9.58. The topological polar surface area (TPSA) is 119 Å². The van der Waals surface area contributed by atoms with E-state index in [4.69, 9.17) is 9.84 Å². The van der Waals surface area contributed by atoms with Crippen molar-refractivity contribution in [3.8, 4) is 11.4 Å². The molecular weight excluding hydrogens is 640 g/mol. The molecule has 0 saturated carbocycles. The molecule has 0 unspecified atom stereocenters. The summed E-state index contributed by atoms with van der Waals surface area (Å²) in [5.41, 5.74) is 4.41. The minimum atomic E-state index is -0.289. The maximum atomic E-state index is 13.5. The highest BCUT2D eigenvalue weighted by Crippen LogP contribution is 2.39. The van der Waals surface area contributed by atoms with Crippen molar-refractivity contribution in [3.05, 3.63) is 83.7 Å². The fraction of sp³-hybridized carbons (Fsp3) is 0.472. The van der Waals surface area contributed by atoms with E-state index in [-0.39, 0.29) is 42.0 Å². The number of anilines is 1. The monoisotopic (exact) mass is 686 g/mol. The molecule has 12 nitrogen and oxygen atoms in total. The number of pyridine rings is 1. The Kier molecular flexibility index (Phi) is 9.72. The number of benzene rings is 1. The third kappa shape index (κ3) is 7.02. The first kappa shape index (κ1) is 34.4. The highest BCUT2D eigenvalue weighted by Gasteiger charge is 2.32. The van der Waals surface area contributed by atoms with E-state index in [9.17, 15) is 4.79 Å². The molecule has 0 bridgehead atoms. The number of amides is 2. The number of hydrogen-bond acceptors (Lipinski definition) is 7. The number of likely N-dealkylation sites (tertiary alicyclic amines) is 1. The van der Waals surface area contributed by atoms with Crippen LogP contribution in [0.4, 0.5) is 10.6 Å². The number of aromatic nitrogens is 7. The number of carbonyl (C=O) groups excluding carboxylic acids is 1. The molecule has 1 aromatic carbocycles. The van der Waals surface area contributed by atoms with Crippen molar-refractivity contribution in [2.75, 3.05) is 11.9 Å². The largest absolute Gasteiger partial charge is 0.484 e. The first-order valence-corrected chi connectivity index (χ1v) is 17.1. The molecule has 49 heavy (non-hydrogen) atoms. The van der Waals surface area contributed by atoms with Crippen LogP contribution >= 0.6 is 12.4 Å². The van der Waals surface area contributed by atoms with Gasteiger partial charge in [0.1, 0.15) is 23.4 Å².